The maximum atomic E-state index is 6.30. The molecule has 0 spiro atoms. The Morgan fingerprint density at radius 3 is 2.88 bits per heavy atom. The highest BCUT2D eigenvalue weighted by atomic mass is 35.5. The molecule has 0 saturated carbocycles. The van der Waals surface area contributed by atoms with Crippen molar-refractivity contribution in [3.05, 3.63) is 64.7 Å². The van der Waals surface area contributed by atoms with Gasteiger partial charge in [0.25, 0.3) is 0 Å². The lowest BCUT2D eigenvalue weighted by molar-refractivity contribution is -0.927. The second kappa shape index (κ2) is 7.97. The van der Waals surface area contributed by atoms with E-state index in [0.29, 0.717) is 0 Å². The maximum absolute atomic E-state index is 6.30. The van der Waals surface area contributed by atoms with Crippen LogP contribution in [0.3, 0.4) is 0 Å². The number of hydrogen-bond acceptors (Lipinski definition) is 1. The molecule has 0 bridgehead atoms. The molecule has 1 aliphatic rings. The molecule has 1 fully saturated rings. The van der Waals surface area contributed by atoms with Gasteiger partial charge in [0.1, 0.15) is 6.54 Å². The van der Waals surface area contributed by atoms with Crippen LogP contribution in [-0.4, -0.2) is 29.8 Å². The predicted octanol–water partition coefficient (Wildman–Crippen LogP) is 3.09. The molecule has 0 aliphatic carbocycles. The Balaban J connectivity index is 1.60. The van der Waals surface area contributed by atoms with Crippen molar-refractivity contribution in [2.24, 2.45) is 0 Å². The first-order chi connectivity index (χ1) is 11.6. The predicted molar refractivity (Wildman–Crippen MR) is 105 cm³/mol. The average molecular weight is 361 g/mol. The Morgan fingerprint density at radius 2 is 2.08 bits per heavy atom. The van der Waals surface area contributed by atoms with Crippen molar-refractivity contribution in [2.45, 2.75) is 19.9 Å². The topological polar surface area (TPSA) is 19.7 Å². The summed E-state index contributed by atoms with van der Waals surface area (Å²) in [5, 5.41) is 5.02. The van der Waals surface area contributed by atoms with Gasteiger partial charge in [-0.3, -0.25) is 0 Å². The number of aryl methyl sites for hydroxylation is 1. The number of hydrogen-bond donors (Lipinski definition) is 2. The second-order valence-electron chi connectivity index (χ2n) is 6.34. The molecular weight excluding hydrogens is 338 g/mol. The second-order valence-corrected chi connectivity index (χ2v) is 7.14. The van der Waals surface area contributed by atoms with Gasteiger partial charge in [0.2, 0.25) is 0 Å². The van der Waals surface area contributed by atoms with Gasteiger partial charge < -0.3 is 15.1 Å². The average Bonchev–Trinajstić information content (AvgIpc) is 2.57. The van der Waals surface area contributed by atoms with Crippen LogP contribution in [0.15, 0.2) is 48.5 Å². The molecule has 3 nitrogen and oxygen atoms in total. The number of rotatable bonds is 3. The van der Waals surface area contributed by atoms with Crippen molar-refractivity contribution in [1.29, 1.82) is 0 Å². The highest BCUT2D eigenvalue weighted by molar-refractivity contribution is 7.80. The first kappa shape index (κ1) is 17.2. The molecule has 24 heavy (non-hydrogen) atoms. The smallest absolute Gasteiger partial charge is 0.177 e. The van der Waals surface area contributed by atoms with Crippen LogP contribution in [0.5, 0.6) is 0 Å². The molecule has 3 rings (SSSR count). The quantitative estimate of drug-likeness (QED) is 0.821. The van der Waals surface area contributed by atoms with Crippen LogP contribution in [0.25, 0.3) is 0 Å². The molecular formula is C19H23ClN3S+. The molecule has 0 aromatic heterocycles. The van der Waals surface area contributed by atoms with Gasteiger partial charge in [-0.2, -0.15) is 0 Å². The number of anilines is 1. The summed E-state index contributed by atoms with van der Waals surface area (Å²) in [4.78, 5) is 3.75. The molecule has 1 aliphatic heterocycles. The van der Waals surface area contributed by atoms with Crippen molar-refractivity contribution < 1.29 is 4.90 Å². The molecule has 126 valence electrons. The van der Waals surface area contributed by atoms with E-state index in [2.05, 4.69) is 41.4 Å². The molecule has 1 atom stereocenters. The van der Waals surface area contributed by atoms with Crippen LogP contribution in [0.1, 0.15) is 17.5 Å². The van der Waals surface area contributed by atoms with E-state index >= 15 is 0 Å². The van der Waals surface area contributed by atoms with Crippen molar-refractivity contribution in [3.8, 4) is 0 Å². The summed E-state index contributed by atoms with van der Waals surface area (Å²) in [6.45, 7) is 6.08. The van der Waals surface area contributed by atoms with E-state index in [1.807, 2.05) is 24.3 Å². The highest BCUT2D eigenvalue weighted by Gasteiger charge is 2.23. The standard InChI is InChI=1S/C19H22ClN3S/c1-15-6-4-8-17(12-15)21-19(24)23-11-5-10-22(14-23)13-16-7-2-3-9-18(16)20/h2-4,6-9,12H,5,10-11,13-14H2,1H3,(H,21,24)/p+1. The molecule has 1 unspecified atom stereocenters. The minimum atomic E-state index is 0.803. The summed E-state index contributed by atoms with van der Waals surface area (Å²) in [5.41, 5.74) is 3.49. The minimum absolute atomic E-state index is 0.803. The van der Waals surface area contributed by atoms with Crippen LogP contribution in [0.2, 0.25) is 5.02 Å². The number of quaternary nitrogens is 1. The number of benzene rings is 2. The van der Waals surface area contributed by atoms with E-state index in [1.54, 1.807) is 0 Å². The number of thiocarbonyl (C=S) groups is 1. The van der Waals surface area contributed by atoms with Gasteiger partial charge in [-0.25, -0.2) is 0 Å². The fourth-order valence-corrected chi connectivity index (χ4v) is 3.58. The summed E-state index contributed by atoms with van der Waals surface area (Å²) >= 11 is 11.9. The molecule has 1 saturated heterocycles. The fraction of sp³-hybridized carbons (Fsp3) is 0.316. The third-order valence-corrected chi connectivity index (χ3v) is 5.06. The Labute approximate surface area is 154 Å². The Bertz CT molecular complexity index is 719. The van der Waals surface area contributed by atoms with E-state index in [0.717, 1.165) is 48.5 Å². The SMILES string of the molecule is Cc1cccc(NC(=S)N2CCC[NH+](Cc3ccccc3Cl)C2)c1. The van der Waals surface area contributed by atoms with Gasteiger partial charge in [0.15, 0.2) is 11.8 Å². The highest BCUT2D eigenvalue weighted by Crippen LogP contribution is 2.14. The van der Waals surface area contributed by atoms with E-state index in [-0.39, 0.29) is 0 Å². The van der Waals surface area contributed by atoms with E-state index in [1.165, 1.54) is 16.0 Å². The largest absolute Gasteiger partial charge is 0.332 e. The zero-order valence-corrected chi connectivity index (χ0v) is 15.5. The molecule has 0 amide bonds. The fourth-order valence-electron chi connectivity index (χ4n) is 3.10. The van der Waals surface area contributed by atoms with Gasteiger partial charge in [0.05, 0.1) is 6.54 Å². The summed E-state index contributed by atoms with van der Waals surface area (Å²) in [6, 6.07) is 16.4. The Morgan fingerprint density at radius 1 is 1.25 bits per heavy atom. The lowest BCUT2D eigenvalue weighted by Crippen LogP contribution is -3.13. The van der Waals surface area contributed by atoms with E-state index in [9.17, 15) is 0 Å². The van der Waals surface area contributed by atoms with Gasteiger partial charge in [0, 0.05) is 29.2 Å². The summed E-state index contributed by atoms with van der Waals surface area (Å²) in [5.74, 6) is 0. The Hall–Kier alpha value is -1.62. The van der Waals surface area contributed by atoms with Gasteiger partial charge >= 0.3 is 0 Å². The monoisotopic (exact) mass is 360 g/mol. The van der Waals surface area contributed by atoms with Crippen molar-refractivity contribution in [3.63, 3.8) is 0 Å². The van der Waals surface area contributed by atoms with Crippen LogP contribution in [-0.2, 0) is 6.54 Å². The molecule has 2 aromatic carbocycles. The van der Waals surface area contributed by atoms with E-state index in [4.69, 9.17) is 23.8 Å². The van der Waals surface area contributed by atoms with E-state index < -0.39 is 0 Å². The van der Waals surface area contributed by atoms with Crippen LogP contribution >= 0.6 is 23.8 Å². The lowest BCUT2D eigenvalue weighted by atomic mass is 10.2. The third kappa shape index (κ3) is 4.47. The first-order valence-corrected chi connectivity index (χ1v) is 9.10. The molecule has 5 heteroatoms. The van der Waals surface area contributed by atoms with Crippen molar-refractivity contribution in [2.75, 3.05) is 25.1 Å². The number of nitrogens with zero attached hydrogens (tertiary/aromatic N) is 1. The zero-order valence-electron chi connectivity index (χ0n) is 13.9. The Kier molecular flexibility index (Phi) is 5.72. The molecule has 2 aromatic rings. The number of nitrogens with one attached hydrogen (secondary N) is 2. The summed E-state index contributed by atoms with van der Waals surface area (Å²) in [7, 11) is 0. The van der Waals surface area contributed by atoms with Gasteiger partial charge in [-0.05, 0) is 42.9 Å². The number of halogens is 1. The molecule has 1 heterocycles. The lowest BCUT2D eigenvalue weighted by Gasteiger charge is -2.34. The minimum Gasteiger partial charge on any atom is -0.332 e. The third-order valence-electron chi connectivity index (χ3n) is 4.33. The molecule has 2 N–H and O–H groups in total. The first-order valence-electron chi connectivity index (χ1n) is 8.31. The maximum Gasteiger partial charge on any atom is 0.177 e. The summed E-state index contributed by atoms with van der Waals surface area (Å²) in [6.07, 6.45) is 1.13. The summed E-state index contributed by atoms with van der Waals surface area (Å²) < 4.78 is 0. The van der Waals surface area contributed by atoms with Gasteiger partial charge in [-0.15, -0.1) is 0 Å². The van der Waals surface area contributed by atoms with Gasteiger partial charge in [-0.1, -0.05) is 41.9 Å². The molecule has 0 radical (unpaired) electrons. The van der Waals surface area contributed by atoms with Crippen molar-refractivity contribution in [1.82, 2.24) is 4.90 Å². The van der Waals surface area contributed by atoms with Crippen molar-refractivity contribution >= 4 is 34.6 Å². The van der Waals surface area contributed by atoms with Crippen LogP contribution in [0, 0.1) is 6.92 Å². The van der Waals surface area contributed by atoms with Crippen LogP contribution < -0.4 is 10.2 Å². The normalized spacial score (nSPS) is 17.6. The zero-order chi connectivity index (χ0) is 16.9. The van der Waals surface area contributed by atoms with Crippen LogP contribution in [0.4, 0.5) is 5.69 Å².